The van der Waals surface area contributed by atoms with Crippen molar-refractivity contribution in [3.05, 3.63) is 0 Å². The monoisotopic (exact) mass is 268 g/mol. The second-order valence-electron chi connectivity index (χ2n) is 5.14. The second-order valence-corrected chi connectivity index (χ2v) is 5.14. The zero-order chi connectivity index (χ0) is 13.8. The Hall–Kier alpha value is -1.43. The maximum absolute atomic E-state index is 12.1. The predicted octanol–water partition coefficient (Wildman–Crippen LogP) is 0.209. The van der Waals surface area contributed by atoms with E-state index in [1.54, 1.807) is 6.92 Å². The van der Waals surface area contributed by atoms with Crippen LogP contribution in [-0.4, -0.2) is 47.9 Å². The summed E-state index contributed by atoms with van der Waals surface area (Å²) in [6, 6.07) is -0.572. The van der Waals surface area contributed by atoms with E-state index in [-0.39, 0.29) is 18.6 Å². The summed E-state index contributed by atoms with van der Waals surface area (Å²) in [4.78, 5) is 36.2. The first-order chi connectivity index (χ1) is 9.08. The van der Waals surface area contributed by atoms with Gasteiger partial charge in [-0.2, -0.15) is 0 Å². The van der Waals surface area contributed by atoms with Crippen LogP contribution in [0.2, 0.25) is 0 Å². The molecule has 0 spiro atoms. The van der Waals surface area contributed by atoms with Crippen molar-refractivity contribution in [2.45, 2.75) is 51.2 Å². The van der Waals surface area contributed by atoms with Gasteiger partial charge < -0.3 is 9.64 Å². The summed E-state index contributed by atoms with van der Waals surface area (Å²) in [5, 5.41) is 2.22. The van der Waals surface area contributed by atoms with Crippen molar-refractivity contribution in [1.29, 1.82) is 0 Å². The van der Waals surface area contributed by atoms with Gasteiger partial charge in [0.2, 0.25) is 17.7 Å². The van der Waals surface area contributed by atoms with E-state index in [4.69, 9.17) is 4.74 Å². The van der Waals surface area contributed by atoms with Gasteiger partial charge in [0.05, 0.1) is 6.10 Å². The molecule has 2 heterocycles. The van der Waals surface area contributed by atoms with Crippen molar-refractivity contribution < 1.29 is 19.1 Å². The molecule has 1 N–H and O–H groups in total. The number of amides is 3. The van der Waals surface area contributed by atoms with Crippen LogP contribution in [0.15, 0.2) is 0 Å². The molecule has 19 heavy (non-hydrogen) atoms. The highest BCUT2D eigenvalue weighted by molar-refractivity contribution is 6.04. The normalized spacial score (nSPS) is 28.2. The Labute approximate surface area is 112 Å². The van der Waals surface area contributed by atoms with Crippen LogP contribution in [0.1, 0.15) is 39.0 Å². The highest BCUT2D eigenvalue weighted by Crippen LogP contribution is 2.18. The zero-order valence-corrected chi connectivity index (χ0v) is 11.2. The average Bonchev–Trinajstić information content (AvgIpc) is 2.41. The van der Waals surface area contributed by atoms with Crippen LogP contribution >= 0.6 is 0 Å². The summed E-state index contributed by atoms with van der Waals surface area (Å²) in [7, 11) is 0. The summed E-state index contributed by atoms with van der Waals surface area (Å²) in [6.45, 7) is 2.37. The fraction of sp³-hybridized carbons (Fsp3) is 0.769. The van der Waals surface area contributed by atoms with Crippen molar-refractivity contribution in [2.75, 3.05) is 13.2 Å². The molecule has 0 radical (unpaired) electrons. The summed E-state index contributed by atoms with van der Waals surface area (Å²) in [5.74, 6) is -0.964. The lowest BCUT2D eigenvalue weighted by molar-refractivity contribution is -0.149. The van der Waals surface area contributed by atoms with E-state index in [9.17, 15) is 14.4 Å². The molecule has 0 aromatic rings. The minimum Gasteiger partial charge on any atom is -0.378 e. The molecule has 2 atom stereocenters. The fourth-order valence-electron chi connectivity index (χ4n) is 2.48. The topological polar surface area (TPSA) is 75.7 Å². The number of piperazine rings is 1. The number of nitrogens with zero attached hydrogens (tertiary/aromatic N) is 1. The Morgan fingerprint density at radius 1 is 1.42 bits per heavy atom. The smallest absolute Gasteiger partial charge is 0.249 e. The van der Waals surface area contributed by atoms with E-state index in [2.05, 4.69) is 5.32 Å². The van der Waals surface area contributed by atoms with Gasteiger partial charge in [0.1, 0.15) is 12.6 Å². The van der Waals surface area contributed by atoms with Crippen LogP contribution in [0.25, 0.3) is 0 Å². The maximum Gasteiger partial charge on any atom is 0.249 e. The number of hydrogen-bond acceptors (Lipinski definition) is 4. The van der Waals surface area contributed by atoms with Crippen LogP contribution in [0.4, 0.5) is 0 Å². The molecule has 2 aliphatic rings. The summed E-state index contributed by atoms with van der Waals surface area (Å²) >= 11 is 0. The first kappa shape index (κ1) is 14.0. The van der Waals surface area contributed by atoms with Crippen molar-refractivity contribution >= 4 is 17.7 Å². The summed E-state index contributed by atoms with van der Waals surface area (Å²) in [5.41, 5.74) is 0. The number of carbonyl (C=O) groups excluding carboxylic acids is 3. The molecule has 6 heteroatoms. The van der Waals surface area contributed by atoms with Crippen molar-refractivity contribution in [3.63, 3.8) is 0 Å². The Kier molecular flexibility index (Phi) is 4.52. The predicted molar refractivity (Wildman–Crippen MR) is 67.1 cm³/mol. The van der Waals surface area contributed by atoms with Gasteiger partial charge >= 0.3 is 0 Å². The Bertz CT molecular complexity index is 377. The molecule has 0 saturated carbocycles. The highest BCUT2D eigenvalue weighted by atomic mass is 16.5. The number of rotatable bonds is 3. The molecular formula is C13H20N2O4. The van der Waals surface area contributed by atoms with E-state index < -0.39 is 17.9 Å². The van der Waals surface area contributed by atoms with Gasteiger partial charge in [-0.1, -0.05) is 0 Å². The second kappa shape index (κ2) is 6.14. The largest absolute Gasteiger partial charge is 0.378 e. The number of hydrogen-bond donors (Lipinski definition) is 1. The molecular weight excluding hydrogens is 248 g/mol. The molecule has 2 saturated heterocycles. The first-order valence-electron chi connectivity index (χ1n) is 6.82. The maximum atomic E-state index is 12.1. The average molecular weight is 268 g/mol. The molecule has 6 nitrogen and oxygen atoms in total. The van der Waals surface area contributed by atoms with Gasteiger partial charge in [0.25, 0.3) is 0 Å². The van der Waals surface area contributed by atoms with Gasteiger partial charge in [-0.15, -0.1) is 0 Å². The molecule has 3 amide bonds. The molecule has 0 aromatic carbocycles. The minimum atomic E-state index is -0.572. The SMILES string of the molecule is CC1C(=O)NC(=O)CN1C(=O)CCC1CCCCO1. The van der Waals surface area contributed by atoms with Gasteiger partial charge in [-0.05, 0) is 32.6 Å². The number of nitrogens with one attached hydrogen (secondary N) is 1. The lowest BCUT2D eigenvalue weighted by Gasteiger charge is -2.32. The van der Waals surface area contributed by atoms with Gasteiger partial charge in [0.15, 0.2) is 0 Å². The molecule has 0 aliphatic carbocycles. The fourth-order valence-corrected chi connectivity index (χ4v) is 2.48. The molecule has 2 fully saturated rings. The van der Waals surface area contributed by atoms with Crippen LogP contribution in [0, 0.1) is 0 Å². The summed E-state index contributed by atoms with van der Waals surface area (Å²) in [6.07, 6.45) is 4.35. The standard InChI is InChI=1S/C13H20N2O4/c1-9-13(18)14-11(16)8-15(9)12(17)6-5-10-4-2-3-7-19-10/h9-10H,2-8H2,1H3,(H,14,16,18). The zero-order valence-electron chi connectivity index (χ0n) is 11.2. The van der Waals surface area contributed by atoms with Crippen molar-refractivity contribution in [2.24, 2.45) is 0 Å². The summed E-state index contributed by atoms with van der Waals surface area (Å²) < 4.78 is 5.57. The van der Waals surface area contributed by atoms with Gasteiger partial charge in [0, 0.05) is 13.0 Å². The highest BCUT2D eigenvalue weighted by Gasteiger charge is 2.33. The first-order valence-corrected chi connectivity index (χ1v) is 6.82. The van der Waals surface area contributed by atoms with E-state index in [1.807, 2.05) is 0 Å². The van der Waals surface area contributed by atoms with Crippen LogP contribution in [0.5, 0.6) is 0 Å². The molecule has 2 rings (SSSR count). The third-order valence-corrected chi connectivity index (χ3v) is 3.70. The van der Waals surface area contributed by atoms with Crippen molar-refractivity contribution in [3.8, 4) is 0 Å². The molecule has 0 bridgehead atoms. The quantitative estimate of drug-likeness (QED) is 0.742. The van der Waals surface area contributed by atoms with E-state index in [0.717, 1.165) is 25.9 Å². The Morgan fingerprint density at radius 3 is 2.89 bits per heavy atom. The third kappa shape index (κ3) is 3.53. The van der Waals surface area contributed by atoms with E-state index in [1.165, 1.54) is 4.90 Å². The molecule has 0 aromatic heterocycles. The van der Waals surface area contributed by atoms with Crippen LogP contribution in [0.3, 0.4) is 0 Å². The lowest BCUT2D eigenvalue weighted by atomic mass is 10.0. The number of imide groups is 1. The van der Waals surface area contributed by atoms with Crippen LogP contribution < -0.4 is 5.32 Å². The molecule has 2 unspecified atom stereocenters. The number of carbonyl (C=O) groups is 3. The Morgan fingerprint density at radius 2 is 2.21 bits per heavy atom. The van der Waals surface area contributed by atoms with Gasteiger partial charge in [-0.25, -0.2) is 0 Å². The Balaban J connectivity index is 1.84. The molecule has 106 valence electrons. The third-order valence-electron chi connectivity index (χ3n) is 3.70. The van der Waals surface area contributed by atoms with E-state index >= 15 is 0 Å². The van der Waals surface area contributed by atoms with Crippen LogP contribution in [-0.2, 0) is 19.1 Å². The molecule has 2 aliphatic heterocycles. The van der Waals surface area contributed by atoms with E-state index in [0.29, 0.717) is 12.8 Å². The lowest BCUT2D eigenvalue weighted by Crippen LogP contribution is -2.58. The van der Waals surface area contributed by atoms with Crippen molar-refractivity contribution in [1.82, 2.24) is 10.2 Å². The number of ether oxygens (including phenoxy) is 1. The van der Waals surface area contributed by atoms with Gasteiger partial charge in [-0.3, -0.25) is 19.7 Å². The minimum absolute atomic E-state index is 0.0305.